The SMILES string of the molecule is O=S(=O)(NCC1(O)CC1)c1ccc(Cl)nc1Cl. The van der Waals surface area contributed by atoms with Gasteiger partial charge in [0, 0.05) is 6.54 Å². The van der Waals surface area contributed by atoms with Gasteiger partial charge in [0.1, 0.15) is 10.0 Å². The molecule has 0 bridgehead atoms. The van der Waals surface area contributed by atoms with Crippen LogP contribution in [-0.4, -0.2) is 30.7 Å². The normalized spacial score (nSPS) is 18.1. The van der Waals surface area contributed by atoms with Crippen LogP contribution >= 0.6 is 23.2 Å². The summed E-state index contributed by atoms with van der Waals surface area (Å²) < 4.78 is 26.0. The largest absolute Gasteiger partial charge is 0.389 e. The first kappa shape index (κ1) is 13.0. The van der Waals surface area contributed by atoms with Gasteiger partial charge in [-0.15, -0.1) is 0 Å². The molecule has 5 nitrogen and oxygen atoms in total. The highest BCUT2D eigenvalue weighted by molar-refractivity contribution is 7.89. The Hall–Kier alpha value is -0.400. The summed E-state index contributed by atoms with van der Waals surface area (Å²) in [6.07, 6.45) is 1.20. The van der Waals surface area contributed by atoms with Gasteiger partial charge in [-0.2, -0.15) is 0 Å². The molecule has 94 valence electrons. The monoisotopic (exact) mass is 296 g/mol. The van der Waals surface area contributed by atoms with E-state index in [9.17, 15) is 13.5 Å². The molecule has 0 radical (unpaired) electrons. The minimum absolute atomic E-state index is 0.0196. The molecule has 1 saturated carbocycles. The maximum atomic E-state index is 11.8. The number of pyridine rings is 1. The van der Waals surface area contributed by atoms with Gasteiger partial charge >= 0.3 is 0 Å². The zero-order chi connectivity index (χ0) is 12.7. The van der Waals surface area contributed by atoms with Crippen molar-refractivity contribution in [1.82, 2.24) is 9.71 Å². The van der Waals surface area contributed by atoms with Gasteiger partial charge < -0.3 is 5.11 Å². The molecule has 1 fully saturated rings. The molecule has 1 aromatic rings. The van der Waals surface area contributed by atoms with E-state index in [0.29, 0.717) is 12.8 Å². The molecule has 2 N–H and O–H groups in total. The fourth-order valence-electron chi connectivity index (χ4n) is 1.23. The number of sulfonamides is 1. The molecule has 0 aromatic carbocycles. The Labute approximate surface area is 109 Å². The second kappa shape index (κ2) is 4.37. The van der Waals surface area contributed by atoms with E-state index in [-0.39, 0.29) is 21.7 Å². The van der Waals surface area contributed by atoms with E-state index in [2.05, 4.69) is 9.71 Å². The lowest BCUT2D eigenvalue weighted by molar-refractivity contribution is 0.155. The molecule has 1 aliphatic rings. The second-order valence-corrected chi connectivity index (χ2v) is 6.45. The highest BCUT2D eigenvalue weighted by atomic mass is 35.5. The van der Waals surface area contributed by atoms with Crippen LogP contribution in [-0.2, 0) is 10.0 Å². The zero-order valence-electron chi connectivity index (χ0n) is 8.65. The number of hydrogen-bond acceptors (Lipinski definition) is 4. The van der Waals surface area contributed by atoms with Gasteiger partial charge in [0.15, 0.2) is 5.15 Å². The predicted molar refractivity (Wildman–Crippen MR) is 63.6 cm³/mol. The molecule has 0 spiro atoms. The lowest BCUT2D eigenvalue weighted by atomic mass is 10.4. The highest BCUT2D eigenvalue weighted by Crippen LogP contribution is 2.34. The Morgan fingerprint density at radius 2 is 2.06 bits per heavy atom. The third-order valence-corrected chi connectivity index (χ3v) is 4.53. The Morgan fingerprint density at radius 3 is 2.59 bits per heavy atom. The Bertz CT molecular complexity index is 543. The standard InChI is InChI=1S/C9H10Cl2N2O3S/c10-7-2-1-6(8(11)13-7)17(15,16)12-5-9(14)3-4-9/h1-2,12,14H,3-5H2. The summed E-state index contributed by atoms with van der Waals surface area (Å²) in [7, 11) is -3.76. The van der Waals surface area contributed by atoms with Crippen molar-refractivity contribution in [2.45, 2.75) is 23.3 Å². The Morgan fingerprint density at radius 1 is 1.41 bits per heavy atom. The lowest BCUT2D eigenvalue weighted by Gasteiger charge is -2.10. The van der Waals surface area contributed by atoms with Gasteiger partial charge in [0.2, 0.25) is 10.0 Å². The van der Waals surface area contributed by atoms with Gasteiger partial charge in [-0.1, -0.05) is 23.2 Å². The van der Waals surface area contributed by atoms with E-state index in [1.54, 1.807) is 0 Å². The van der Waals surface area contributed by atoms with Gasteiger partial charge in [0.25, 0.3) is 0 Å². The van der Waals surface area contributed by atoms with Crippen LogP contribution in [0.1, 0.15) is 12.8 Å². The third-order valence-electron chi connectivity index (χ3n) is 2.49. The van der Waals surface area contributed by atoms with Gasteiger partial charge in [-0.05, 0) is 25.0 Å². The van der Waals surface area contributed by atoms with Crippen LogP contribution in [0.25, 0.3) is 0 Å². The molecule has 0 unspecified atom stereocenters. The van der Waals surface area contributed by atoms with Crippen molar-refractivity contribution in [3.05, 3.63) is 22.4 Å². The maximum Gasteiger partial charge on any atom is 0.243 e. The average molecular weight is 297 g/mol. The van der Waals surface area contributed by atoms with Crippen LogP contribution in [0.2, 0.25) is 10.3 Å². The van der Waals surface area contributed by atoms with Crippen molar-refractivity contribution in [3.8, 4) is 0 Å². The molecule has 1 aliphatic carbocycles. The lowest BCUT2D eigenvalue weighted by Crippen LogP contribution is -2.33. The van der Waals surface area contributed by atoms with E-state index in [0.717, 1.165) is 0 Å². The summed E-state index contributed by atoms with van der Waals surface area (Å²) in [6, 6.07) is 2.62. The van der Waals surface area contributed by atoms with Crippen LogP contribution in [0.4, 0.5) is 0 Å². The van der Waals surface area contributed by atoms with Gasteiger partial charge in [-0.25, -0.2) is 18.1 Å². The fraction of sp³-hybridized carbons (Fsp3) is 0.444. The first-order valence-electron chi connectivity index (χ1n) is 4.87. The summed E-state index contributed by atoms with van der Waals surface area (Å²) in [5.74, 6) is 0. The average Bonchev–Trinajstić information content (AvgIpc) is 2.94. The molecule has 1 aromatic heterocycles. The van der Waals surface area contributed by atoms with Crippen molar-refractivity contribution in [2.24, 2.45) is 0 Å². The molecule has 0 saturated heterocycles. The minimum Gasteiger partial charge on any atom is -0.389 e. The molecule has 2 rings (SSSR count). The molecule has 0 atom stereocenters. The first-order chi connectivity index (χ1) is 7.82. The maximum absolute atomic E-state index is 11.8. The Kier molecular flexibility index (Phi) is 3.35. The van der Waals surface area contributed by atoms with Crippen LogP contribution in [0, 0.1) is 0 Å². The van der Waals surface area contributed by atoms with Crippen LogP contribution in [0.15, 0.2) is 17.0 Å². The minimum atomic E-state index is -3.76. The third kappa shape index (κ3) is 3.08. The summed E-state index contributed by atoms with van der Waals surface area (Å²) in [5, 5.41) is 9.49. The fourth-order valence-corrected chi connectivity index (χ4v) is 3.01. The van der Waals surface area contributed by atoms with E-state index >= 15 is 0 Å². The summed E-state index contributed by atoms with van der Waals surface area (Å²) in [5.41, 5.74) is -0.903. The summed E-state index contributed by atoms with van der Waals surface area (Å²) in [6.45, 7) is -0.0196. The zero-order valence-corrected chi connectivity index (χ0v) is 11.0. The van der Waals surface area contributed by atoms with Crippen molar-refractivity contribution < 1.29 is 13.5 Å². The van der Waals surface area contributed by atoms with Crippen LogP contribution in [0.3, 0.4) is 0 Å². The number of nitrogens with one attached hydrogen (secondary N) is 1. The quantitative estimate of drug-likeness (QED) is 0.818. The number of halogens is 2. The highest BCUT2D eigenvalue weighted by Gasteiger charge is 2.41. The molecule has 0 amide bonds. The van der Waals surface area contributed by atoms with Crippen molar-refractivity contribution in [2.75, 3.05) is 6.54 Å². The summed E-state index contributed by atoms with van der Waals surface area (Å²) in [4.78, 5) is 3.50. The van der Waals surface area contributed by atoms with Crippen LogP contribution in [0.5, 0.6) is 0 Å². The van der Waals surface area contributed by atoms with Gasteiger partial charge in [-0.3, -0.25) is 0 Å². The summed E-state index contributed by atoms with van der Waals surface area (Å²) >= 11 is 11.3. The van der Waals surface area contributed by atoms with Gasteiger partial charge in [0.05, 0.1) is 5.60 Å². The van der Waals surface area contributed by atoms with Crippen molar-refractivity contribution >= 4 is 33.2 Å². The van der Waals surface area contributed by atoms with E-state index < -0.39 is 15.6 Å². The molecule has 8 heteroatoms. The van der Waals surface area contributed by atoms with E-state index in [1.165, 1.54) is 12.1 Å². The molecule has 17 heavy (non-hydrogen) atoms. The molecule has 1 heterocycles. The first-order valence-corrected chi connectivity index (χ1v) is 7.10. The number of aromatic nitrogens is 1. The second-order valence-electron chi connectivity index (χ2n) is 3.97. The number of hydrogen-bond donors (Lipinski definition) is 2. The number of nitrogens with zero attached hydrogens (tertiary/aromatic N) is 1. The van der Waals surface area contributed by atoms with Crippen molar-refractivity contribution in [3.63, 3.8) is 0 Å². The number of rotatable bonds is 4. The molecular formula is C9H10Cl2N2O3S. The number of aliphatic hydroxyl groups is 1. The van der Waals surface area contributed by atoms with Crippen molar-refractivity contribution in [1.29, 1.82) is 0 Å². The molecule has 0 aliphatic heterocycles. The van der Waals surface area contributed by atoms with E-state index in [1.807, 2.05) is 0 Å². The predicted octanol–water partition coefficient (Wildman–Crippen LogP) is 1.19. The smallest absolute Gasteiger partial charge is 0.243 e. The topological polar surface area (TPSA) is 79.3 Å². The van der Waals surface area contributed by atoms with E-state index in [4.69, 9.17) is 23.2 Å². The molecular weight excluding hydrogens is 287 g/mol. The van der Waals surface area contributed by atoms with Crippen LogP contribution < -0.4 is 4.72 Å². The Balaban J connectivity index is 2.19.